The molecule has 2 aliphatic rings. The summed E-state index contributed by atoms with van der Waals surface area (Å²) in [6, 6.07) is 0.751. The normalized spacial score (nSPS) is 31.0. The van der Waals surface area contributed by atoms with E-state index in [0.29, 0.717) is 6.04 Å². The molecule has 13 heavy (non-hydrogen) atoms. The second kappa shape index (κ2) is 2.87. The van der Waals surface area contributed by atoms with Crippen LogP contribution in [0.15, 0.2) is 21.9 Å². The zero-order valence-corrected chi connectivity index (χ0v) is 7.88. The second-order valence-corrected chi connectivity index (χ2v) is 3.67. The maximum atomic E-state index is 5.79. The van der Waals surface area contributed by atoms with Crippen LogP contribution in [0, 0.1) is 0 Å². The summed E-state index contributed by atoms with van der Waals surface area (Å²) in [5.41, 5.74) is 6.55. The fraction of sp³-hybridized carbons (Fsp3) is 0.556. The van der Waals surface area contributed by atoms with Gasteiger partial charge < -0.3 is 10.6 Å². The van der Waals surface area contributed by atoms with Gasteiger partial charge >= 0.3 is 0 Å². The van der Waals surface area contributed by atoms with Crippen molar-refractivity contribution in [2.45, 2.75) is 32.0 Å². The van der Waals surface area contributed by atoms with Gasteiger partial charge in [-0.05, 0) is 13.8 Å². The molecule has 0 bridgehead atoms. The Balaban J connectivity index is 2.23. The van der Waals surface area contributed by atoms with Gasteiger partial charge in [0.1, 0.15) is 6.04 Å². The van der Waals surface area contributed by atoms with Crippen LogP contribution >= 0.6 is 0 Å². The third-order valence-corrected chi connectivity index (χ3v) is 2.43. The molecule has 0 aliphatic carbocycles. The molecule has 0 saturated carbocycles. The Morgan fingerprint density at radius 1 is 1.54 bits per heavy atom. The molecule has 2 atom stereocenters. The lowest BCUT2D eigenvalue weighted by molar-refractivity contribution is 0.332. The second-order valence-electron chi connectivity index (χ2n) is 3.67. The molecule has 0 saturated heterocycles. The highest BCUT2D eigenvalue weighted by atomic mass is 15.3. The number of aliphatic imine (C=N–C) groups is 2. The van der Waals surface area contributed by atoms with E-state index < -0.39 is 0 Å². The maximum Gasteiger partial charge on any atom is 0.118 e. The lowest BCUT2D eigenvalue weighted by Gasteiger charge is -2.29. The molecule has 0 spiro atoms. The summed E-state index contributed by atoms with van der Waals surface area (Å²) in [4.78, 5) is 10.6. The zero-order chi connectivity index (χ0) is 9.42. The van der Waals surface area contributed by atoms with Crippen LogP contribution in [0.2, 0.25) is 0 Å². The Kier molecular flexibility index (Phi) is 1.83. The van der Waals surface area contributed by atoms with Crippen LogP contribution in [0.4, 0.5) is 0 Å². The molecule has 2 N–H and O–H groups in total. The molecule has 0 fully saturated rings. The number of hydrogen-bond acceptors (Lipinski definition) is 4. The fourth-order valence-corrected chi connectivity index (χ4v) is 1.69. The highest BCUT2D eigenvalue weighted by Gasteiger charge is 2.33. The van der Waals surface area contributed by atoms with Crippen LogP contribution < -0.4 is 5.73 Å². The fourth-order valence-electron chi connectivity index (χ4n) is 1.69. The van der Waals surface area contributed by atoms with Crippen LogP contribution in [-0.2, 0) is 0 Å². The van der Waals surface area contributed by atoms with E-state index in [0.717, 1.165) is 5.70 Å². The van der Waals surface area contributed by atoms with E-state index in [2.05, 4.69) is 28.7 Å². The van der Waals surface area contributed by atoms with Crippen LogP contribution in [0.5, 0.6) is 0 Å². The van der Waals surface area contributed by atoms with Gasteiger partial charge in [0.05, 0.1) is 18.1 Å². The van der Waals surface area contributed by atoms with Crippen LogP contribution in [-0.4, -0.2) is 35.6 Å². The zero-order valence-electron chi connectivity index (χ0n) is 7.88. The van der Waals surface area contributed by atoms with Crippen LogP contribution in [0.3, 0.4) is 0 Å². The summed E-state index contributed by atoms with van der Waals surface area (Å²) < 4.78 is 0. The molecule has 4 heteroatoms. The molecule has 0 aromatic heterocycles. The molecule has 2 unspecified atom stereocenters. The van der Waals surface area contributed by atoms with E-state index in [1.807, 2.05) is 12.6 Å². The van der Waals surface area contributed by atoms with Crippen molar-refractivity contribution < 1.29 is 0 Å². The largest absolute Gasteiger partial charge is 0.399 e. The monoisotopic (exact) mass is 178 g/mol. The predicted molar refractivity (Wildman–Crippen MR) is 53.8 cm³/mol. The van der Waals surface area contributed by atoms with E-state index in [-0.39, 0.29) is 12.1 Å². The average molecular weight is 178 g/mol. The molecule has 2 rings (SSSR count). The van der Waals surface area contributed by atoms with Crippen molar-refractivity contribution >= 4 is 12.6 Å². The summed E-state index contributed by atoms with van der Waals surface area (Å²) in [6.07, 6.45) is 5.47. The van der Waals surface area contributed by atoms with Crippen LogP contribution in [0.25, 0.3) is 0 Å². The SMILES string of the molecule is CC(C)N1C=NC2C(N)=CN=CC21. The van der Waals surface area contributed by atoms with Gasteiger partial charge in [0.25, 0.3) is 0 Å². The number of hydrogen-bond donors (Lipinski definition) is 1. The van der Waals surface area contributed by atoms with Gasteiger partial charge in [-0.15, -0.1) is 0 Å². The van der Waals surface area contributed by atoms with Crippen molar-refractivity contribution in [3.05, 3.63) is 11.9 Å². The smallest absolute Gasteiger partial charge is 0.118 e. The summed E-state index contributed by atoms with van der Waals surface area (Å²) in [6.45, 7) is 4.27. The van der Waals surface area contributed by atoms with Crippen molar-refractivity contribution in [3.8, 4) is 0 Å². The van der Waals surface area contributed by atoms with E-state index in [9.17, 15) is 0 Å². The Morgan fingerprint density at radius 3 is 3.00 bits per heavy atom. The van der Waals surface area contributed by atoms with E-state index >= 15 is 0 Å². The predicted octanol–water partition coefficient (Wildman–Crippen LogP) is 0.360. The van der Waals surface area contributed by atoms with Gasteiger partial charge in [-0.25, -0.2) is 0 Å². The van der Waals surface area contributed by atoms with E-state index in [1.165, 1.54) is 0 Å². The first-order valence-corrected chi connectivity index (χ1v) is 4.49. The summed E-state index contributed by atoms with van der Waals surface area (Å²) in [7, 11) is 0. The summed E-state index contributed by atoms with van der Waals surface area (Å²) in [5.74, 6) is 0. The van der Waals surface area contributed by atoms with Crippen LogP contribution in [0.1, 0.15) is 13.8 Å². The van der Waals surface area contributed by atoms with Crippen molar-refractivity contribution in [3.63, 3.8) is 0 Å². The quantitative estimate of drug-likeness (QED) is 0.630. The Morgan fingerprint density at radius 2 is 2.31 bits per heavy atom. The minimum absolute atomic E-state index is 0.0832. The molecule has 4 nitrogen and oxygen atoms in total. The molecule has 2 aliphatic heterocycles. The van der Waals surface area contributed by atoms with Gasteiger partial charge in [0.15, 0.2) is 0 Å². The number of nitrogens with two attached hydrogens (primary N) is 1. The molecule has 0 amide bonds. The van der Waals surface area contributed by atoms with Crippen molar-refractivity contribution in [2.24, 2.45) is 15.7 Å². The summed E-state index contributed by atoms with van der Waals surface area (Å²) >= 11 is 0. The molecular formula is C9H14N4. The minimum Gasteiger partial charge on any atom is -0.399 e. The standard InChI is InChI=1S/C9H14N4/c1-6(2)13-5-12-9-7(10)3-11-4-8(9)13/h3-6,8-9H,10H2,1-2H3. The highest BCUT2D eigenvalue weighted by molar-refractivity contribution is 5.77. The Labute approximate surface area is 77.8 Å². The lowest BCUT2D eigenvalue weighted by Crippen LogP contribution is -2.44. The number of rotatable bonds is 1. The summed E-state index contributed by atoms with van der Waals surface area (Å²) in [5, 5.41) is 0. The minimum atomic E-state index is 0.0832. The van der Waals surface area contributed by atoms with Gasteiger partial charge in [0, 0.05) is 18.5 Å². The van der Waals surface area contributed by atoms with Gasteiger partial charge in [-0.3, -0.25) is 9.98 Å². The maximum absolute atomic E-state index is 5.79. The Bertz CT molecular complexity index is 290. The first-order valence-electron chi connectivity index (χ1n) is 4.49. The Hall–Kier alpha value is -1.32. The molecular weight excluding hydrogens is 164 g/mol. The molecule has 0 aromatic rings. The molecule has 0 aromatic carbocycles. The molecule has 0 radical (unpaired) electrons. The van der Waals surface area contributed by atoms with E-state index in [4.69, 9.17) is 5.73 Å². The highest BCUT2D eigenvalue weighted by Crippen LogP contribution is 2.21. The number of fused-ring (bicyclic) bond motifs is 1. The number of nitrogens with zero attached hydrogens (tertiary/aromatic N) is 3. The molecule has 2 heterocycles. The van der Waals surface area contributed by atoms with E-state index in [1.54, 1.807) is 6.20 Å². The third-order valence-electron chi connectivity index (χ3n) is 2.43. The third kappa shape index (κ3) is 1.22. The first-order chi connectivity index (χ1) is 6.20. The first kappa shape index (κ1) is 8.29. The van der Waals surface area contributed by atoms with Gasteiger partial charge in [0.2, 0.25) is 0 Å². The topological polar surface area (TPSA) is 54.0 Å². The average Bonchev–Trinajstić information content (AvgIpc) is 2.48. The lowest BCUT2D eigenvalue weighted by atomic mass is 10.0. The van der Waals surface area contributed by atoms with Gasteiger partial charge in [-0.2, -0.15) is 0 Å². The molecule has 70 valence electrons. The van der Waals surface area contributed by atoms with Crippen molar-refractivity contribution in [2.75, 3.05) is 0 Å². The van der Waals surface area contributed by atoms with Crippen molar-refractivity contribution in [1.29, 1.82) is 0 Å². The van der Waals surface area contributed by atoms with Gasteiger partial charge in [-0.1, -0.05) is 0 Å². The van der Waals surface area contributed by atoms with Crippen molar-refractivity contribution in [1.82, 2.24) is 4.90 Å².